The van der Waals surface area contributed by atoms with E-state index in [4.69, 9.17) is 4.74 Å². The first-order chi connectivity index (χ1) is 11.8. The topological polar surface area (TPSA) is 60.2 Å². The number of ether oxygens (including phenoxy) is 1. The predicted molar refractivity (Wildman–Crippen MR) is 88.4 cm³/mol. The van der Waals surface area contributed by atoms with Gasteiger partial charge in [-0.15, -0.1) is 5.10 Å². The van der Waals surface area contributed by atoms with E-state index in [0.717, 1.165) is 31.4 Å². The summed E-state index contributed by atoms with van der Waals surface area (Å²) in [5.41, 5.74) is 0.666. The van der Waals surface area contributed by atoms with Gasteiger partial charge in [0.15, 0.2) is 0 Å². The molecule has 0 aliphatic carbocycles. The minimum absolute atomic E-state index is 0.226. The fraction of sp³-hybridized carbons (Fsp3) is 0.500. The second-order valence-corrected chi connectivity index (χ2v) is 6.64. The predicted octanol–water partition coefficient (Wildman–Crippen LogP) is 1.80. The summed E-state index contributed by atoms with van der Waals surface area (Å²) >= 11 is 0. The van der Waals surface area contributed by atoms with Gasteiger partial charge in [-0.25, -0.2) is 4.68 Å². The van der Waals surface area contributed by atoms with Gasteiger partial charge in [-0.2, -0.15) is 0 Å². The van der Waals surface area contributed by atoms with Gasteiger partial charge >= 0.3 is 0 Å². The Morgan fingerprint density at radius 3 is 2.71 bits per heavy atom. The average Bonchev–Trinajstić information content (AvgIpc) is 3.34. The molecule has 1 atom stereocenters. The lowest BCUT2D eigenvalue weighted by Crippen LogP contribution is -2.49. The molecule has 2 saturated heterocycles. The van der Waals surface area contributed by atoms with Gasteiger partial charge in [0, 0.05) is 32.5 Å². The van der Waals surface area contributed by atoms with Crippen molar-refractivity contribution in [1.82, 2.24) is 19.9 Å². The van der Waals surface area contributed by atoms with Gasteiger partial charge in [-0.05, 0) is 24.8 Å². The highest BCUT2D eigenvalue weighted by Gasteiger charge is 2.45. The van der Waals surface area contributed by atoms with Crippen LogP contribution in [0.5, 0.6) is 0 Å². The first-order valence-electron chi connectivity index (χ1n) is 8.58. The van der Waals surface area contributed by atoms with Crippen molar-refractivity contribution in [2.24, 2.45) is 0 Å². The normalized spacial score (nSPS) is 23.3. The molecule has 1 aromatic carbocycles. The zero-order chi connectivity index (χ0) is 16.4. The van der Waals surface area contributed by atoms with Crippen molar-refractivity contribution in [3.05, 3.63) is 48.3 Å². The summed E-state index contributed by atoms with van der Waals surface area (Å²) in [4.78, 5) is 15.5. The number of nitrogens with zero attached hydrogens (tertiary/aromatic N) is 4. The number of amides is 1. The number of aromatic nitrogens is 3. The van der Waals surface area contributed by atoms with Crippen LogP contribution in [0.25, 0.3) is 0 Å². The molecule has 0 bridgehead atoms. The van der Waals surface area contributed by atoms with Crippen LogP contribution in [0, 0.1) is 0 Å². The van der Waals surface area contributed by atoms with Crippen molar-refractivity contribution in [1.29, 1.82) is 0 Å². The third-order valence-electron chi connectivity index (χ3n) is 5.35. The second kappa shape index (κ2) is 6.36. The van der Waals surface area contributed by atoms with E-state index in [9.17, 15) is 4.79 Å². The highest BCUT2D eigenvalue weighted by atomic mass is 16.5. The molecule has 6 nitrogen and oxygen atoms in total. The van der Waals surface area contributed by atoms with E-state index in [2.05, 4.69) is 22.4 Å². The van der Waals surface area contributed by atoms with Gasteiger partial charge in [0.2, 0.25) is 5.91 Å². The maximum absolute atomic E-state index is 13.5. The number of carbonyl (C=O) groups excluding carboxylic acids is 1. The SMILES string of the molecule is O=C(N1CC[C@@H](n2ccnn2)C1)C1(c2ccccc2)CCOCC1. The summed E-state index contributed by atoms with van der Waals surface area (Å²) in [6, 6.07) is 10.4. The Morgan fingerprint density at radius 1 is 1.21 bits per heavy atom. The third-order valence-corrected chi connectivity index (χ3v) is 5.35. The van der Waals surface area contributed by atoms with Crippen molar-refractivity contribution in [2.45, 2.75) is 30.7 Å². The van der Waals surface area contributed by atoms with Crippen LogP contribution in [0.1, 0.15) is 30.9 Å². The van der Waals surface area contributed by atoms with Gasteiger partial charge in [-0.3, -0.25) is 4.79 Å². The molecule has 0 N–H and O–H groups in total. The maximum Gasteiger partial charge on any atom is 0.233 e. The fourth-order valence-electron chi connectivity index (χ4n) is 3.96. The van der Waals surface area contributed by atoms with E-state index in [-0.39, 0.29) is 11.9 Å². The molecule has 3 heterocycles. The highest BCUT2D eigenvalue weighted by molar-refractivity contribution is 5.88. The van der Waals surface area contributed by atoms with E-state index in [0.29, 0.717) is 19.8 Å². The van der Waals surface area contributed by atoms with Crippen molar-refractivity contribution in [2.75, 3.05) is 26.3 Å². The summed E-state index contributed by atoms with van der Waals surface area (Å²) < 4.78 is 7.41. The standard InChI is InChI=1S/C18H22N4O2/c23-17(21-10-6-16(14-21)22-11-9-19-20-22)18(7-12-24-13-8-18)15-4-2-1-3-5-15/h1-5,9,11,16H,6-8,10,12-14H2/t16-/m1/s1. The Hall–Kier alpha value is -2.21. The van der Waals surface area contributed by atoms with E-state index in [1.807, 2.05) is 34.0 Å². The summed E-state index contributed by atoms with van der Waals surface area (Å²) in [6.45, 7) is 2.76. The van der Waals surface area contributed by atoms with Crippen molar-refractivity contribution in [3.63, 3.8) is 0 Å². The molecule has 2 aliphatic rings. The zero-order valence-corrected chi connectivity index (χ0v) is 13.7. The molecule has 126 valence electrons. The monoisotopic (exact) mass is 326 g/mol. The van der Waals surface area contributed by atoms with Crippen LogP contribution in [-0.2, 0) is 14.9 Å². The van der Waals surface area contributed by atoms with Crippen LogP contribution < -0.4 is 0 Å². The average molecular weight is 326 g/mol. The number of hydrogen-bond acceptors (Lipinski definition) is 4. The Bertz CT molecular complexity index is 680. The molecule has 1 aromatic heterocycles. The number of carbonyl (C=O) groups is 1. The highest BCUT2D eigenvalue weighted by Crippen LogP contribution is 2.38. The van der Waals surface area contributed by atoms with Crippen molar-refractivity contribution < 1.29 is 9.53 Å². The molecule has 0 unspecified atom stereocenters. The van der Waals surface area contributed by atoms with Crippen molar-refractivity contribution >= 4 is 5.91 Å². The first-order valence-corrected chi connectivity index (χ1v) is 8.58. The lowest BCUT2D eigenvalue weighted by Gasteiger charge is -2.39. The number of benzene rings is 1. The summed E-state index contributed by atoms with van der Waals surface area (Å²) in [5, 5.41) is 7.97. The van der Waals surface area contributed by atoms with Crippen LogP contribution in [-0.4, -0.2) is 52.1 Å². The molecule has 1 amide bonds. The lowest BCUT2D eigenvalue weighted by molar-refractivity contribution is -0.140. The largest absolute Gasteiger partial charge is 0.381 e. The van der Waals surface area contributed by atoms with E-state index in [1.54, 1.807) is 6.20 Å². The zero-order valence-electron chi connectivity index (χ0n) is 13.7. The Morgan fingerprint density at radius 2 is 2.00 bits per heavy atom. The van der Waals surface area contributed by atoms with Crippen LogP contribution in [0.4, 0.5) is 0 Å². The molecule has 2 fully saturated rings. The Labute approximate surface area is 141 Å². The smallest absolute Gasteiger partial charge is 0.233 e. The number of hydrogen-bond donors (Lipinski definition) is 0. The third kappa shape index (κ3) is 2.60. The Kier molecular flexibility index (Phi) is 4.06. The van der Waals surface area contributed by atoms with Gasteiger partial charge < -0.3 is 9.64 Å². The van der Waals surface area contributed by atoms with Crippen molar-refractivity contribution in [3.8, 4) is 0 Å². The lowest BCUT2D eigenvalue weighted by atomic mass is 9.73. The molecule has 2 aliphatic heterocycles. The molecule has 6 heteroatoms. The summed E-state index contributed by atoms with van der Waals surface area (Å²) in [6.07, 6.45) is 5.99. The van der Waals surface area contributed by atoms with E-state index < -0.39 is 5.41 Å². The van der Waals surface area contributed by atoms with E-state index in [1.165, 1.54) is 0 Å². The van der Waals surface area contributed by atoms with Crippen LogP contribution >= 0.6 is 0 Å². The second-order valence-electron chi connectivity index (χ2n) is 6.64. The minimum Gasteiger partial charge on any atom is -0.381 e. The molecule has 4 rings (SSSR count). The molecule has 0 spiro atoms. The molecular weight excluding hydrogens is 304 g/mol. The van der Waals surface area contributed by atoms with Gasteiger partial charge in [0.25, 0.3) is 0 Å². The van der Waals surface area contributed by atoms with Gasteiger partial charge in [0.05, 0.1) is 17.7 Å². The molecule has 0 saturated carbocycles. The molecule has 24 heavy (non-hydrogen) atoms. The quantitative estimate of drug-likeness (QED) is 0.863. The van der Waals surface area contributed by atoms with Crippen LogP contribution in [0.2, 0.25) is 0 Å². The van der Waals surface area contributed by atoms with E-state index >= 15 is 0 Å². The van der Waals surface area contributed by atoms with Gasteiger partial charge in [-0.1, -0.05) is 35.5 Å². The minimum atomic E-state index is -0.448. The Balaban J connectivity index is 1.58. The fourth-order valence-corrected chi connectivity index (χ4v) is 3.96. The van der Waals surface area contributed by atoms with Gasteiger partial charge in [0.1, 0.15) is 0 Å². The number of likely N-dealkylation sites (tertiary alicyclic amines) is 1. The molecule has 2 aromatic rings. The summed E-state index contributed by atoms with van der Waals surface area (Å²) in [5.74, 6) is 0.236. The number of rotatable bonds is 3. The molecule has 0 radical (unpaired) electrons. The maximum atomic E-state index is 13.5. The van der Waals surface area contributed by atoms with Crippen LogP contribution in [0.15, 0.2) is 42.7 Å². The summed E-state index contributed by atoms with van der Waals surface area (Å²) in [7, 11) is 0. The molecular formula is C18H22N4O2. The van der Waals surface area contributed by atoms with Crippen LogP contribution in [0.3, 0.4) is 0 Å². The first kappa shape index (κ1) is 15.3.